The van der Waals surface area contributed by atoms with Crippen LogP contribution in [0.15, 0.2) is 12.4 Å². The van der Waals surface area contributed by atoms with Gasteiger partial charge in [-0.2, -0.15) is 4.73 Å². The lowest BCUT2D eigenvalue weighted by molar-refractivity contribution is -0.605. The second-order valence-corrected chi connectivity index (χ2v) is 2.96. The fraction of sp³-hybridized carbons (Fsp3) is 0.286. The minimum Gasteiger partial charge on any atom is -0.619 e. The maximum Gasteiger partial charge on any atom is 0.199 e. The lowest BCUT2D eigenvalue weighted by Crippen LogP contribution is -2.25. The van der Waals surface area contributed by atoms with Gasteiger partial charge in [-0.15, -0.1) is 0 Å². The number of halogens is 2. The summed E-state index contributed by atoms with van der Waals surface area (Å²) in [6, 6.07) is 0. The molecule has 0 saturated heterocycles. The molecule has 1 aromatic rings. The summed E-state index contributed by atoms with van der Waals surface area (Å²) in [7, 11) is 0. The average Bonchev–Trinajstić information content (AvgIpc) is 1.85. The van der Waals surface area contributed by atoms with Gasteiger partial charge in [-0.3, -0.25) is 0 Å². The maximum absolute atomic E-state index is 10.7. The Kier molecular flexibility index (Phi) is 2.58. The Morgan fingerprint density at radius 2 is 1.82 bits per heavy atom. The van der Waals surface area contributed by atoms with Crippen molar-refractivity contribution in [2.24, 2.45) is 0 Å². The van der Waals surface area contributed by atoms with Crippen LogP contribution in [0.2, 0.25) is 10.0 Å². The van der Waals surface area contributed by atoms with Crippen LogP contribution >= 0.6 is 23.2 Å². The van der Waals surface area contributed by atoms with Gasteiger partial charge >= 0.3 is 0 Å². The quantitative estimate of drug-likeness (QED) is 0.494. The molecule has 11 heavy (non-hydrogen) atoms. The normalized spacial score (nSPS) is 10.1. The molecule has 0 fully saturated rings. The van der Waals surface area contributed by atoms with E-state index < -0.39 is 0 Å². The Balaban J connectivity index is 3.25. The molecule has 2 nitrogen and oxygen atoms in total. The van der Waals surface area contributed by atoms with Gasteiger partial charge < -0.3 is 5.21 Å². The van der Waals surface area contributed by atoms with Crippen molar-refractivity contribution >= 4 is 23.2 Å². The van der Waals surface area contributed by atoms with E-state index in [4.69, 9.17) is 23.2 Å². The van der Waals surface area contributed by atoms with Crippen molar-refractivity contribution in [3.05, 3.63) is 33.2 Å². The van der Waals surface area contributed by atoms with Crippen molar-refractivity contribution in [2.75, 3.05) is 0 Å². The number of pyridine rings is 1. The summed E-state index contributed by atoms with van der Waals surface area (Å²) in [4.78, 5) is 0. The fourth-order valence-corrected chi connectivity index (χ4v) is 1.58. The van der Waals surface area contributed by atoms with Crippen LogP contribution in [0.5, 0.6) is 0 Å². The van der Waals surface area contributed by atoms with Gasteiger partial charge in [0, 0.05) is 5.56 Å². The monoisotopic (exact) mass is 191 g/mol. The molecule has 1 rings (SSSR count). The van der Waals surface area contributed by atoms with Gasteiger partial charge in [-0.05, 0) is 6.42 Å². The summed E-state index contributed by atoms with van der Waals surface area (Å²) in [6.45, 7) is 1.93. The van der Waals surface area contributed by atoms with Crippen molar-refractivity contribution in [1.82, 2.24) is 0 Å². The Bertz CT molecular complexity index is 252. The van der Waals surface area contributed by atoms with Gasteiger partial charge in [0.1, 0.15) is 10.0 Å². The van der Waals surface area contributed by atoms with Gasteiger partial charge in [0.15, 0.2) is 12.4 Å². The van der Waals surface area contributed by atoms with E-state index in [2.05, 4.69) is 0 Å². The number of rotatable bonds is 1. The summed E-state index contributed by atoms with van der Waals surface area (Å²) in [6.07, 6.45) is 3.33. The molecule has 0 aliphatic carbocycles. The second-order valence-electron chi connectivity index (χ2n) is 2.15. The molecule has 0 N–H and O–H groups in total. The molecule has 0 aliphatic heterocycles. The van der Waals surface area contributed by atoms with Crippen LogP contribution in [0.1, 0.15) is 12.5 Å². The van der Waals surface area contributed by atoms with Crippen molar-refractivity contribution in [2.45, 2.75) is 13.3 Å². The Morgan fingerprint density at radius 3 is 2.18 bits per heavy atom. The zero-order chi connectivity index (χ0) is 8.43. The van der Waals surface area contributed by atoms with Gasteiger partial charge in [0.25, 0.3) is 0 Å². The lowest BCUT2D eigenvalue weighted by atomic mass is 10.2. The third-order valence-electron chi connectivity index (χ3n) is 1.41. The number of nitrogens with zero attached hydrogens (tertiary/aromatic N) is 1. The SMILES string of the molecule is CCc1c(Cl)c[n+]([O-])cc1Cl. The zero-order valence-electron chi connectivity index (χ0n) is 5.97. The number of hydrogen-bond donors (Lipinski definition) is 0. The van der Waals surface area contributed by atoms with Gasteiger partial charge in [-0.1, -0.05) is 30.1 Å². The van der Waals surface area contributed by atoms with Crippen molar-refractivity contribution in [3.63, 3.8) is 0 Å². The van der Waals surface area contributed by atoms with Crippen molar-refractivity contribution < 1.29 is 4.73 Å². The minimum atomic E-state index is 0.426. The van der Waals surface area contributed by atoms with Crippen LogP contribution < -0.4 is 4.73 Å². The highest BCUT2D eigenvalue weighted by molar-refractivity contribution is 6.35. The van der Waals surface area contributed by atoms with Crippen LogP contribution in [0.3, 0.4) is 0 Å². The highest BCUT2D eigenvalue weighted by atomic mass is 35.5. The van der Waals surface area contributed by atoms with E-state index in [1.165, 1.54) is 12.4 Å². The molecule has 0 radical (unpaired) electrons. The third-order valence-corrected chi connectivity index (χ3v) is 2.06. The zero-order valence-corrected chi connectivity index (χ0v) is 7.49. The molecular weight excluding hydrogens is 185 g/mol. The molecule has 0 spiro atoms. The summed E-state index contributed by atoms with van der Waals surface area (Å²) in [5.41, 5.74) is 0.820. The van der Waals surface area contributed by atoms with Crippen molar-refractivity contribution in [3.8, 4) is 0 Å². The van der Waals surface area contributed by atoms with E-state index in [0.717, 1.165) is 12.0 Å². The Hall–Kier alpha value is -0.470. The Morgan fingerprint density at radius 1 is 1.36 bits per heavy atom. The van der Waals surface area contributed by atoms with Gasteiger partial charge in [-0.25, -0.2) is 0 Å². The van der Waals surface area contributed by atoms with E-state index in [1.54, 1.807) is 0 Å². The van der Waals surface area contributed by atoms with E-state index in [1.807, 2.05) is 6.92 Å². The number of hydrogen-bond acceptors (Lipinski definition) is 1. The average molecular weight is 192 g/mol. The van der Waals surface area contributed by atoms with E-state index >= 15 is 0 Å². The molecule has 0 aliphatic rings. The summed E-state index contributed by atoms with van der Waals surface area (Å²) in [5.74, 6) is 0. The van der Waals surface area contributed by atoms with Crippen LogP contribution in [0, 0.1) is 5.21 Å². The van der Waals surface area contributed by atoms with Crippen molar-refractivity contribution in [1.29, 1.82) is 0 Å². The largest absolute Gasteiger partial charge is 0.619 e. The minimum absolute atomic E-state index is 0.426. The summed E-state index contributed by atoms with van der Waals surface area (Å²) in [5, 5.41) is 11.6. The topological polar surface area (TPSA) is 26.9 Å². The summed E-state index contributed by atoms with van der Waals surface area (Å²) < 4.78 is 0.601. The summed E-state index contributed by atoms with van der Waals surface area (Å²) >= 11 is 11.5. The Labute approximate surface area is 74.9 Å². The first-order valence-electron chi connectivity index (χ1n) is 3.21. The molecule has 4 heteroatoms. The first-order chi connectivity index (χ1) is 5.15. The highest BCUT2D eigenvalue weighted by Crippen LogP contribution is 2.21. The van der Waals surface area contributed by atoms with Gasteiger partial charge in [0.05, 0.1) is 0 Å². The smallest absolute Gasteiger partial charge is 0.199 e. The predicted molar refractivity (Wildman–Crippen MR) is 44.8 cm³/mol. The van der Waals surface area contributed by atoms with E-state index in [-0.39, 0.29) is 0 Å². The first-order valence-corrected chi connectivity index (χ1v) is 3.97. The molecule has 0 unspecified atom stereocenters. The molecule has 1 heterocycles. The second kappa shape index (κ2) is 3.28. The van der Waals surface area contributed by atoms with Crippen LogP contribution in [-0.4, -0.2) is 0 Å². The van der Waals surface area contributed by atoms with Gasteiger partial charge in [0.2, 0.25) is 0 Å². The third kappa shape index (κ3) is 1.76. The van der Waals surface area contributed by atoms with Crippen LogP contribution in [0.25, 0.3) is 0 Å². The van der Waals surface area contributed by atoms with Crippen LogP contribution in [-0.2, 0) is 6.42 Å². The molecular formula is C7H7Cl2NO. The number of aromatic nitrogens is 1. The lowest BCUT2D eigenvalue weighted by Gasteiger charge is -2.02. The molecule has 1 aromatic heterocycles. The standard InChI is InChI=1S/C7H7Cl2NO/c1-2-5-6(8)3-10(11)4-7(5)9/h3-4H,2H2,1H3. The van der Waals surface area contributed by atoms with Crippen LogP contribution in [0.4, 0.5) is 0 Å². The maximum atomic E-state index is 10.7. The molecule has 60 valence electrons. The highest BCUT2D eigenvalue weighted by Gasteiger charge is 2.08. The first kappa shape index (κ1) is 8.62. The molecule has 0 saturated carbocycles. The molecule has 0 amide bonds. The van der Waals surface area contributed by atoms with E-state index in [0.29, 0.717) is 14.8 Å². The molecule has 0 aromatic carbocycles. The molecule has 0 atom stereocenters. The fourth-order valence-electron chi connectivity index (χ4n) is 0.868. The van der Waals surface area contributed by atoms with E-state index in [9.17, 15) is 5.21 Å². The predicted octanol–water partition coefficient (Wildman–Crippen LogP) is 2.19. The molecule has 0 bridgehead atoms.